The third-order valence-electron chi connectivity index (χ3n) is 1.76. The highest BCUT2D eigenvalue weighted by atomic mass is 32.2. The minimum Gasteiger partial charge on any atom is -0.480 e. The normalized spacial score (nSPS) is 14.3. The van der Waals surface area contributed by atoms with Gasteiger partial charge in [-0.3, -0.25) is 9.59 Å². The van der Waals surface area contributed by atoms with Gasteiger partial charge in [0.25, 0.3) is 0 Å². The summed E-state index contributed by atoms with van der Waals surface area (Å²) in [4.78, 5) is 21.8. The molecule has 0 heterocycles. The first-order valence-corrected chi connectivity index (χ1v) is 5.91. The number of rotatable bonds is 7. The van der Waals surface area contributed by atoms with Gasteiger partial charge in [-0.15, -0.1) is 11.8 Å². The Kier molecular flexibility index (Phi) is 7.15. The number of nitrogens with one attached hydrogen (secondary N) is 1. The van der Waals surface area contributed by atoms with Crippen molar-refractivity contribution in [3.05, 3.63) is 0 Å². The minimum atomic E-state index is -1.04. The van der Waals surface area contributed by atoms with Gasteiger partial charge in [-0.05, 0) is 13.3 Å². The molecule has 0 radical (unpaired) electrons. The summed E-state index contributed by atoms with van der Waals surface area (Å²) >= 11 is 1.25. The Hall–Kier alpha value is -0.750. The first-order chi connectivity index (χ1) is 6.99. The van der Waals surface area contributed by atoms with Crippen LogP contribution in [0.15, 0.2) is 0 Å². The second kappa shape index (κ2) is 7.53. The minimum absolute atomic E-state index is 0.0700. The number of hydrogen-bond acceptors (Lipinski definition) is 4. The van der Waals surface area contributed by atoms with Crippen molar-refractivity contribution in [1.29, 1.82) is 0 Å². The Bertz CT molecular complexity index is 223. The van der Waals surface area contributed by atoms with Crippen molar-refractivity contribution in [2.24, 2.45) is 5.73 Å². The highest BCUT2D eigenvalue weighted by Crippen LogP contribution is 2.11. The van der Waals surface area contributed by atoms with Crippen LogP contribution in [0.25, 0.3) is 0 Å². The van der Waals surface area contributed by atoms with Crippen molar-refractivity contribution in [2.45, 2.75) is 31.6 Å². The van der Waals surface area contributed by atoms with Crippen molar-refractivity contribution in [2.75, 3.05) is 12.3 Å². The maximum absolute atomic E-state index is 11.4. The third-order valence-corrected chi connectivity index (χ3v) is 3.03. The van der Waals surface area contributed by atoms with E-state index in [9.17, 15) is 9.59 Å². The number of carbonyl (C=O) groups excluding carboxylic acids is 1. The Morgan fingerprint density at radius 1 is 1.53 bits per heavy atom. The molecule has 5 nitrogen and oxygen atoms in total. The largest absolute Gasteiger partial charge is 0.480 e. The summed E-state index contributed by atoms with van der Waals surface area (Å²) < 4.78 is 0. The lowest BCUT2D eigenvalue weighted by molar-refractivity contribution is -0.138. The molecule has 0 aliphatic carbocycles. The topological polar surface area (TPSA) is 92.4 Å². The molecule has 0 bridgehead atoms. The number of carbonyl (C=O) groups is 2. The molecule has 1 amide bonds. The van der Waals surface area contributed by atoms with Crippen LogP contribution in [0.3, 0.4) is 0 Å². The first kappa shape index (κ1) is 14.2. The van der Waals surface area contributed by atoms with Gasteiger partial charge in [0.05, 0.1) is 5.25 Å². The van der Waals surface area contributed by atoms with Gasteiger partial charge in [0.1, 0.15) is 6.04 Å². The van der Waals surface area contributed by atoms with Crippen LogP contribution < -0.4 is 11.1 Å². The zero-order valence-electron chi connectivity index (χ0n) is 9.03. The molecule has 0 aliphatic heterocycles. The molecule has 4 N–H and O–H groups in total. The van der Waals surface area contributed by atoms with E-state index in [1.54, 1.807) is 6.92 Å². The monoisotopic (exact) mass is 234 g/mol. The smallest absolute Gasteiger partial charge is 0.321 e. The van der Waals surface area contributed by atoms with Crippen LogP contribution in [0.4, 0.5) is 0 Å². The van der Waals surface area contributed by atoms with Gasteiger partial charge in [0.2, 0.25) is 5.91 Å². The molecule has 0 saturated heterocycles. The summed E-state index contributed by atoms with van der Waals surface area (Å²) in [6, 6.07) is -0.906. The summed E-state index contributed by atoms with van der Waals surface area (Å²) in [7, 11) is 0. The molecule has 88 valence electrons. The van der Waals surface area contributed by atoms with Crippen LogP contribution in [-0.4, -0.2) is 40.6 Å². The maximum Gasteiger partial charge on any atom is 0.321 e. The van der Waals surface area contributed by atoms with Crippen molar-refractivity contribution in [3.8, 4) is 0 Å². The molecule has 0 aromatic heterocycles. The zero-order valence-corrected chi connectivity index (χ0v) is 9.84. The molecule has 0 aromatic carbocycles. The Balaban J connectivity index is 3.77. The predicted molar refractivity (Wildman–Crippen MR) is 60.8 cm³/mol. The lowest BCUT2D eigenvalue weighted by atomic mass is 10.4. The summed E-state index contributed by atoms with van der Waals surface area (Å²) in [6.07, 6.45) is 0.887. The van der Waals surface area contributed by atoms with E-state index >= 15 is 0 Å². The summed E-state index contributed by atoms with van der Waals surface area (Å²) in [5.41, 5.74) is 5.31. The average molecular weight is 234 g/mol. The van der Waals surface area contributed by atoms with Gasteiger partial charge in [-0.2, -0.15) is 0 Å². The summed E-state index contributed by atoms with van der Waals surface area (Å²) in [5, 5.41) is 11.0. The summed E-state index contributed by atoms with van der Waals surface area (Å²) in [5.74, 6) is -0.862. The van der Waals surface area contributed by atoms with Crippen molar-refractivity contribution >= 4 is 23.6 Å². The van der Waals surface area contributed by atoms with E-state index in [1.165, 1.54) is 11.8 Å². The molecule has 2 atom stereocenters. The lowest BCUT2D eigenvalue weighted by Gasteiger charge is -2.12. The van der Waals surface area contributed by atoms with E-state index < -0.39 is 12.0 Å². The van der Waals surface area contributed by atoms with Crippen LogP contribution in [0.2, 0.25) is 0 Å². The molecule has 15 heavy (non-hydrogen) atoms. The number of amides is 1. The van der Waals surface area contributed by atoms with E-state index in [2.05, 4.69) is 5.32 Å². The second-order valence-electron chi connectivity index (χ2n) is 3.21. The molecule has 1 unspecified atom stereocenters. The molecule has 0 aliphatic rings. The number of thioether (sulfide) groups is 1. The molecule has 0 aromatic rings. The molecule has 6 heteroatoms. The molecule has 0 fully saturated rings. The predicted octanol–water partition coefficient (Wildman–Crippen LogP) is 0.0462. The van der Waals surface area contributed by atoms with Crippen LogP contribution in [-0.2, 0) is 9.59 Å². The maximum atomic E-state index is 11.4. The Morgan fingerprint density at radius 3 is 2.60 bits per heavy atom. The number of carboxylic acids is 1. The quantitative estimate of drug-likeness (QED) is 0.578. The highest BCUT2D eigenvalue weighted by molar-refractivity contribution is 8.00. The molecular weight excluding hydrogens is 216 g/mol. The van der Waals surface area contributed by atoms with Crippen molar-refractivity contribution < 1.29 is 14.7 Å². The van der Waals surface area contributed by atoms with Gasteiger partial charge in [-0.25, -0.2) is 0 Å². The standard InChI is InChI=1S/C9H18N2O3S/c1-3-4-11-8(12)6(2)15-5-7(10)9(13)14/h6-7H,3-5,10H2,1-2H3,(H,11,12)(H,13,14)/t6?,7-/m1/s1. The van der Waals surface area contributed by atoms with Crippen LogP contribution in [0, 0.1) is 0 Å². The Morgan fingerprint density at radius 2 is 2.13 bits per heavy atom. The molecule has 0 saturated carbocycles. The van der Waals surface area contributed by atoms with Crippen molar-refractivity contribution in [1.82, 2.24) is 5.32 Å². The average Bonchev–Trinajstić information content (AvgIpc) is 2.21. The Labute approximate surface area is 93.8 Å². The lowest BCUT2D eigenvalue weighted by Crippen LogP contribution is -2.36. The molecule has 0 rings (SSSR count). The summed E-state index contributed by atoms with van der Waals surface area (Å²) in [6.45, 7) is 4.36. The third kappa shape index (κ3) is 6.35. The SMILES string of the molecule is CCCNC(=O)C(C)SC[C@@H](N)C(=O)O. The second-order valence-corrected chi connectivity index (χ2v) is 4.59. The highest BCUT2D eigenvalue weighted by Gasteiger charge is 2.17. The van der Waals surface area contributed by atoms with Crippen LogP contribution >= 0.6 is 11.8 Å². The molecular formula is C9H18N2O3S. The fraction of sp³-hybridized carbons (Fsp3) is 0.778. The van der Waals surface area contributed by atoms with Crippen molar-refractivity contribution in [3.63, 3.8) is 0 Å². The number of hydrogen-bond donors (Lipinski definition) is 3. The fourth-order valence-electron chi connectivity index (χ4n) is 0.787. The van der Waals surface area contributed by atoms with E-state index in [1.807, 2.05) is 6.92 Å². The van der Waals surface area contributed by atoms with Crippen LogP contribution in [0.1, 0.15) is 20.3 Å². The first-order valence-electron chi connectivity index (χ1n) is 4.86. The van der Waals surface area contributed by atoms with Gasteiger partial charge in [0, 0.05) is 12.3 Å². The van der Waals surface area contributed by atoms with E-state index in [0.29, 0.717) is 6.54 Å². The van der Waals surface area contributed by atoms with Crippen LogP contribution in [0.5, 0.6) is 0 Å². The van der Waals surface area contributed by atoms with Gasteiger partial charge >= 0.3 is 5.97 Å². The van der Waals surface area contributed by atoms with Gasteiger partial charge in [0.15, 0.2) is 0 Å². The fourth-order valence-corrected chi connectivity index (χ4v) is 1.66. The molecule has 0 spiro atoms. The van der Waals surface area contributed by atoms with E-state index in [-0.39, 0.29) is 16.9 Å². The van der Waals surface area contributed by atoms with Gasteiger partial charge in [-0.1, -0.05) is 6.92 Å². The van der Waals surface area contributed by atoms with E-state index in [0.717, 1.165) is 6.42 Å². The number of carboxylic acid groups (broad SMARTS) is 1. The number of nitrogens with two attached hydrogens (primary N) is 1. The van der Waals surface area contributed by atoms with E-state index in [4.69, 9.17) is 10.8 Å². The zero-order chi connectivity index (χ0) is 11.8. The van der Waals surface area contributed by atoms with Gasteiger partial charge < -0.3 is 16.2 Å². The number of aliphatic carboxylic acids is 1.